The maximum absolute atomic E-state index is 14.0. The molecule has 0 aliphatic carbocycles. The molecule has 0 saturated heterocycles. The van der Waals surface area contributed by atoms with E-state index >= 15 is 0 Å². The lowest BCUT2D eigenvalue weighted by molar-refractivity contribution is -0.0696. The molecule has 1 aromatic rings. The van der Waals surface area contributed by atoms with Gasteiger partial charge in [-0.3, -0.25) is 0 Å². The van der Waals surface area contributed by atoms with Gasteiger partial charge < -0.3 is 9.64 Å². The summed E-state index contributed by atoms with van der Waals surface area (Å²) in [6.07, 6.45) is 1.56. The minimum Gasteiger partial charge on any atom is -0.487 e. The summed E-state index contributed by atoms with van der Waals surface area (Å²) >= 11 is 0. The Balaban J connectivity index is 2.84. The third kappa shape index (κ3) is 6.85. The molecule has 0 bridgehead atoms. The van der Waals surface area contributed by atoms with Crippen molar-refractivity contribution < 1.29 is 13.5 Å². The first-order chi connectivity index (χ1) is 10.9. The molecule has 0 aliphatic rings. The molecule has 24 heavy (non-hydrogen) atoms. The first-order valence-electron chi connectivity index (χ1n) is 8.30. The molecule has 0 saturated carbocycles. The van der Waals surface area contributed by atoms with Crippen molar-refractivity contribution in [1.82, 2.24) is 4.90 Å². The van der Waals surface area contributed by atoms with Crippen molar-refractivity contribution in [3.05, 3.63) is 23.3 Å². The smallest absolute Gasteiger partial charge is 0.281 e. The highest BCUT2D eigenvalue weighted by molar-refractivity contribution is 5.64. The number of aliphatic imine (C=N–C) groups is 1. The molecule has 1 aromatic carbocycles. The fourth-order valence-corrected chi connectivity index (χ4v) is 2.32. The van der Waals surface area contributed by atoms with Crippen molar-refractivity contribution in [2.24, 2.45) is 10.4 Å². The van der Waals surface area contributed by atoms with E-state index in [4.69, 9.17) is 4.74 Å². The van der Waals surface area contributed by atoms with E-state index in [1.807, 2.05) is 38.8 Å². The zero-order chi connectivity index (χ0) is 18.5. The maximum atomic E-state index is 14.0. The number of hydrogen-bond acceptors (Lipinski definition) is 2. The number of alkyl halides is 2. The van der Waals surface area contributed by atoms with Crippen LogP contribution >= 0.6 is 0 Å². The lowest BCUT2D eigenvalue weighted by Gasteiger charge is -2.26. The third-order valence-electron chi connectivity index (χ3n) is 3.61. The van der Waals surface area contributed by atoms with Gasteiger partial charge in [0.15, 0.2) is 6.61 Å². The van der Waals surface area contributed by atoms with Crippen LogP contribution < -0.4 is 4.74 Å². The molecule has 1 rings (SSSR count). The fraction of sp³-hybridized carbons (Fsp3) is 0.632. The normalized spacial score (nSPS) is 12.7. The molecule has 0 atom stereocenters. The van der Waals surface area contributed by atoms with E-state index in [9.17, 15) is 8.78 Å². The predicted molar refractivity (Wildman–Crippen MR) is 96.9 cm³/mol. The van der Waals surface area contributed by atoms with Crippen LogP contribution in [-0.2, 0) is 0 Å². The van der Waals surface area contributed by atoms with Gasteiger partial charge in [0.05, 0.1) is 12.0 Å². The zero-order valence-electron chi connectivity index (χ0n) is 15.9. The Bertz CT molecular complexity index is 577. The average Bonchev–Trinajstić information content (AvgIpc) is 2.43. The van der Waals surface area contributed by atoms with Gasteiger partial charge in [-0.15, -0.1) is 0 Å². The summed E-state index contributed by atoms with van der Waals surface area (Å²) in [5, 5.41) is 0. The number of ether oxygens (including phenoxy) is 1. The summed E-state index contributed by atoms with van der Waals surface area (Å²) < 4.78 is 33.4. The van der Waals surface area contributed by atoms with Gasteiger partial charge in [-0.1, -0.05) is 20.8 Å². The molecule has 0 unspecified atom stereocenters. The standard InChI is InChI=1S/C19H30F2N2O/c1-8-23(7)13-22-16-9-15(3)17(10-14(16)2)24-12-19(20,21)11-18(4,5)6/h9-10,13H,8,11-12H2,1-7H3/b22-13+. The second-order valence-electron chi connectivity index (χ2n) is 7.60. The lowest BCUT2D eigenvalue weighted by atomic mass is 9.89. The predicted octanol–water partition coefficient (Wildman–Crippen LogP) is 5.37. The molecule has 5 heteroatoms. The second kappa shape index (κ2) is 7.95. The monoisotopic (exact) mass is 340 g/mol. The molecule has 3 nitrogen and oxygen atoms in total. The van der Waals surface area contributed by atoms with Gasteiger partial charge in [0.2, 0.25) is 0 Å². The number of benzene rings is 1. The van der Waals surface area contributed by atoms with E-state index in [2.05, 4.69) is 4.99 Å². The Morgan fingerprint density at radius 3 is 2.33 bits per heavy atom. The number of nitrogens with zero attached hydrogens (tertiary/aromatic N) is 2. The summed E-state index contributed by atoms with van der Waals surface area (Å²) in [6.45, 7) is 11.5. The Hall–Kier alpha value is -1.65. The molecule has 0 aromatic heterocycles. The Kier molecular flexibility index (Phi) is 6.76. The van der Waals surface area contributed by atoms with Crippen molar-refractivity contribution in [1.29, 1.82) is 0 Å². The summed E-state index contributed by atoms with van der Waals surface area (Å²) in [6, 6.07) is 3.65. The molecular formula is C19H30F2N2O. The number of aryl methyl sites for hydroxylation is 2. The van der Waals surface area contributed by atoms with Crippen LogP contribution in [0.2, 0.25) is 0 Å². The topological polar surface area (TPSA) is 24.8 Å². The summed E-state index contributed by atoms with van der Waals surface area (Å²) in [5.41, 5.74) is 2.08. The lowest BCUT2D eigenvalue weighted by Crippen LogP contribution is -2.31. The minimum absolute atomic E-state index is 0.205. The van der Waals surface area contributed by atoms with Crippen LogP contribution in [-0.4, -0.2) is 37.4 Å². The van der Waals surface area contributed by atoms with Crippen LogP contribution in [0.1, 0.15) is 45.2 Å². The number of hydrogen-bond donors (Lipinski definition) is 0. The van der Waals surface area contributed by atoms with Gasteiger partial charge in [-0.25, -0.2) is 13.8 Å². The van der Waals surface area contributed by atoms with Crippen LogP contribution in [0.25, 0.3) is 0 Å². The van der Waals surface area contributed by atoms with Crippen LogP contribution in [0, 0.1) is 19.3 Å². The third-order valence-corrected chi connectivity index (χ3v) is 3.61. The largest absolute Gasteiger partial charge is 0.487 e. The first kappa shape index (κ1) is 20.4. The highest BCUT2D eigenvalue weighted by atomic mass is 19.3. The van der Waals surface area contributed by atoms with E-state index in [1.54, 1.807) is 33.2 Å². The zero-order valence-corrected chi connectivity index (χ0v) is 15.9. The molecule has 0 fully saturated rings. The molecule has 0 radical (unpaired) electrons. The molecule has 0 aliphatic heterocycles. The summed E-state index contributed by atoms with van der Waals surface area (Å²) in [7, 11) is 1.94. The minimum atomic E-state index is -2.85. The van der Waals surface area contributed by atoms with E-state index in [1.165, 1.54) is 0 Å². The number of rotatable bonds is 7. The van der Waals surface area contributed by atoms with Gasteiger partial charge in [0.25, 0.3) is 5.92 Å². The van der Waals surface area contributed by atoms with Crippen LogP contribution in [0.5, 0.6) is 5.75 Å². The highest BCUT2D eigenvalue weighted by Gasteiger charge is 2.35. The summed E-state index contributed by atoms with van der Waals surface area (Å²) in [5.74, 6) is -2.36. The van der Waals surface area contributed by atoms with Crippen molar-refractivity contribution in [2.75, 3.05) is 20.2 Å². The van der Waals surface area contributed by atoms with E-state index in [-0.39, 0.29) is 6.42 Å². The van der Waals surface area contributed by atoms with Gasteiger partial charge >= 0.3 is 0 Å². The van der Waals surface area contributed by atoms with E-state index in [0.29, 0.717) is 5.75 Å². The molecule has 0 heterocycles. The van der Waals surface area contributed by atoms with E-state index < -0.39 is 17.9 Å². The summed E-state index contributed by atoms with van der Waals surface area (Å²) in [4.78, 5) is 6.40. The Morgan fingerprint density at radius 2 is 1.79 bits per heavy atom. The SMILES string of the molecule is CCN(C)/C=N/c1cc(C)c(OCC(F)(F)CC(C)(C)C)cc1C. The highest BCUT2D eigenvalue weighted by Crippen LogP contribution is 2.33. The van der Waals surface area contributed by atoms with Gasteiger partial charge in [0.1, 0.15) is 5.75 Å². The van der Waals surface area contributed by atoms with Crippen LogP contribution in [0.4, 0.5) is 14.5 Å². The molecular weight excluding hydrogens is 310 g/mol. The molecule has 0 amide bonds. The van der Waals surface area contributed by atoms with Crippen LogP contribution in [0.15, 0.2) is 17.1 Å². The molecule has 136 valence electrons. The molecule has 0 N–H and O–H groups in total. The number of halogens is 2. The van der Waals surface area contributed by atoms with Crippen molar-refractivity contribution in [2.45, 2.75) is 53.9 Å². The van der Waals surface area contributed by atoms with Crippen LogP contribution in [0.3, 0.4) is 0 Å². The molecule has 0 spiro atoms. The Morgan fingerprint density at radius 1 is 1.17 bits per heavy atom. The fourth-order valence-electron chi connectivity index (χ4n) is 2.32. The Labute approximate surface area is 144 Å². The average molecular weight is 340 g/mol. The van der Waals surface area contributed by atoms with Gasteiger partial charge in [0, 0.05) is 20.0 Å². The first-order valence-corrected chi connectivity index (χ1v) is 8.30. The van der Waals surface area contributed by atoms with Gasteiger partial charge in [-0.05, 0) is 49.4 Å². The van der Waals surface area contributed by atoms with Gasteiger partial charge in [-0.2, -0.15) is 0 Å². The maximum Gasteiger partial charge on any atom is 0.281 e. The van der Waals surface area contributed by atoms with Crippen molar-refractivity contribution in [3.8, 4) is 5.75 Å². The quantitative estimate of drug-likeness (QED) is 0.493. The van der Waals surface area contributed by atoms with Crippen molar-refractivity contribution in [3.63, 3.8) is 0 Å². The van der Waals surface area contributed by atoms with E-state index in [0.717, 1.165) is 23.4 Å². The second-order valence-corrected chi connectivity index (χ2v) is 7.60. The van der Waals surface area contributed by atoms with Crippen molar-refractivity contribution >= 4 is 12.0 Å².